The SMILES string of the molecule is C[C@@H](C(=O)N[C@@H](CC1CCCCC1)C(=O)NCc1cnc2[nH]ccc2c1)N(C)C. The van der Waals surface area contributed by atoms with Crippen molar-refractivity contribution in [3.05, 3.63) is 30.1 Å². The highest BCUT2D eigenvalue weighted by Crippen LogP contribution is 2.27. The normalized spacial score (nSPS) is 17.2. The fourth-order valence-corrected chi connectivity index (χ4v) is 3.91. The first-order chi connectivity index (χ1) is 13.9. The van der Waals surface area contributed by atoms with Crippen LogP contribution in [-0.2, 0) is 16.1 Å². The lowest BCUT2D eigenvalue weighted by atomic mass is 9.84. The Kier molecular flexibility index (Phi) is 7.25. The zero-order chi connectivity index (χ0) is 20.8. The maximum atomic E-state index is 13.0. The smallest absolute Gasteiger partial charge is 0.242 e. The number of amides is 2. The van der Waals surface area contributed by atoms with Crippen molar-refractivity contribution in [1.82, 2.24) is 25.5 Å². The number of carbonyl (C=O) groups excluding carboxylic acids is 2. The quantitative estimate of drug-likeness (QED) is 0.636. The highest BCUT2D eigenvalue weighted by atomic mass is 16.2. The molecule has 1 saturated carbocycles. The van der Waals surface area contributed by atoms with Crippen LogP contribution in [0.2, 0.25) is 0 Å². The van der Waals surface area contributed by atoms with Crippen LogP contribution in [0.1, 0.15) is 51.0 Å². The minimum absolute atomic E-state index is 0.110. The largest absolute Gasteiger partial charge is 0.350 e. The molecule has 3 N–H and O–H groups in total. The Labute approximate surface area is 172 Å². The van der Waals surface area contributed by atoms with Crippen LogP contribution in [0.5, 0.6) is 0 Å². The molecule has 2 amide bonds. The summed E-state index contributed by atoms with van der Waals surface area (Å²) in [7, 11) is 3.73. The number of nitrogens with one attached hydrogen (secondary N) is 3. The van der Waals surface area contributed by atoms with Crippen LogP contribution >= 0.6 is 0 Å². The first kappa shape index (κ1) is 21.3. The van der Waals surface area contributed by atoms with Gasteiger partial charge in [-0.2, -0.15) is 0 Å². The number of hydrogen-bond acceptors (Lipinski definition) is 4. The zero-order valence-electron chi connectivity index (χ0n) is 17.7. The molecule has 0 saturated heterocycles. The van der Waals surface area contributed by atoms with Crippen LogP contribution < -0.4 is 10.6 Å². The van der Waals surface area contributed by atoms with Gasteiger partial charge in [0.25, 0.3) is 0 Å². The van der Waals surface area contributed by atoms with Crippen LogP contribution in [0.25, 0.3) is 11.0 Å². The van der Waals surface area contributed by atoms with E-state index in [0.717, 1.165) is 29.4 Å². The van der Waals surface area contributed by atoms with Gasteiger partial charge in [0, 0.05) is 24.3 Å². The number of likely N-dealkylation sites (N-methyl/N-ethyl adjacent to an activating group) is 1. The van der Waals surface area contributed by atoms with E-state index in [-0.39, 0.29) is 17.9 Å². The van der Waals surface area contributed by atoms with Crippen molar-refractivity contribution in [2.24, 2.45) is 5.92 Å². The molecule has 0 bridgehead atoms. The van der Waals surface area contributed by atoms with Crippen molar-refractivity contribution in [2.45, 2.75) is 64.1 Å². The molecule has 1 aliphatic carbocycles. The minimum atomic E-state index is -0.503. The molecule has 0 aliphatic heterocycles. The van der Waals surface area contributed by atoms with Gasteiger partial charge < -0.3 is 15.6 Å². The lowest BCUT2D eigenvalue weighted by molar-refractivity contribution is -0.131. The Bertz CT molecular complexity index is 825. The standard InChI is InChI=1S/C22H33N5O2/c1-15(27(2)3)21(28)26-19(12-16-7-5-4-6-8-16)22(29)25-14-17-11-18-9-10-23-20(18)24-13-17/h9-11,13,15-16,19H,4-8,12,14H2,1-3H3,(H,23,24)(H,25,29)(H,26,28)/t15-,19-/m0/s1. The molecule has 0 radical (unpaired) electrons. The van der Waals surface area contributed by atoms with E-state index in [1.165, 1.54) is 19.3 Å². The second kappa shape index (κ2) is 9.87. The fourth-order valence-electron chi connectivity index (χ4n) is 3.91. The first-order valence-corrected chi connectivity index (χ1v) is 10.6. The molecule has 158 valence electrons. The summed E-state index contributed by atoms with van der Waals surface area (Å²) in [6.07, 6.45) is 10.3. The van der Waals surface area contributed by atoms with E-state index in [1.807, 2.05) is 44.2 Å². The van der Waals surface area contributed by atoms with E-state index in [9.17, 15) is 9.59 Å². The third kappa shape index (κ3) is 5.79. The average Bonchev–Trinajstić information content (AvgIpc) is 3.19. The van der Waals surface area contributed by atoms with Crippen LogP contribution in [0.3, 0.4) is 0 Å². The van der Waals surface area contributed by atoms with Gasteiger partial charge in [-0.15, -0.1) is 0 Å². The lowest BCUT2D eigenvalue weighted by Crippen LogP contribution is -2.52. The van der Waals surface area contributed by atoms with E-state index in [0.29, 0.717) is 18.9 Å². The third-order valence-electron chi connectivity index (χ3n) is 6.00. The Hall–Kier alpha value is -2.41. The van der Waals surface area contributed by atoms with Crippen molar-refractivity contribution in [3.63, 3.8) is 0 Å². The lowest BCUT2D eigenvalue weighted by Gasteiger charge is -2.28. The van der Waals surface area contributed by atoms with Crippen molar-refractivity contribution in [1.29, 1.82) is 0 Å². The maximum Gasteiger partial charge on any atom is 0.242 e. The van der Waals surface area contributed by atoms with Gasteiger partial charge in [0.2, 0.25) is 11.8 Å². The van der Waals surface area contributed by atoms with Gasteiger partial charge in [-0.05, 0) is 51.1 Å². The summed E-state index contributed by atoms with van der Waals surface area (Å²) >= 11 is 0. The number of aromatic amines is 1. The molecule has 7 heteroatoms. The van der Waals surface area contributed by atoms with Crippen LogP contribution in [-0.4, -0.2) is 52.9 Å². The monoisotopic (exact) mass is 399 g/mol. The fraction of sp³-hybridized carbons (Fsp3) is 0.591. The molecule has 1 aliphatic rings. The Morgan fingerprint density at radius 1 is 1.24 bits per heavy atom. The zero-order valence-corrected chi connectivity index (χ0v) is 17.7. The summed E-state index contributed by atoms with van der Waals surface area (Å²) in [4.78, 5) is 34.8. The second-order valence-corrected chi connectivity index (χ2v) is 8.42. The predicted octanol–water partition coefficient (Wildman–Crippen LogP) is 2.58. The molecule has 0 unspecified atom stereocenters. The third-order valence-corrected chi connectivity index (χ3v) is 6.00. The number of pyridine rings is 1. The van der Waals surface area contributed by atoms with E-state index < -0.39 is 6.04 Å². The van der Waals surface area contributed by atoms with E-state index in [2.05, 4.69) is 20.6 Å². The predicted molar refractivity (Wildman–Crippen MR) is 114 cm³/mol. The minimum Gasteiger partial charge on any atom is -0.350 e. The number of hydrogen-bond donors (Lipinski definition) is 3. The van der Waals surface area contributed by atoms with Crippen molar-refractivity contribution in [3.8, 4) is 0 Å². The number of rotatable bonds is 8. The summed E-state index contributed by atoms with van der Waals surface area (Å²) in [6.45, 7) is 2.25. The number of nitrogens with zero attached hydrogens (tertiary/aromatic N) is 2. The molecule has 2 heterocycles. The van der Waals surface area contributed by atoms with Crippen LogP contribution in [0, 0.1) is 5.92 Å². The molecular weight excluding hydrogens is 366 g/mol. The molecule has 2 aromatic rings. The van der Waals surface area contributed by atoms with Gasteiger partial charge in [-0.1, -0.05) is 32.1 Å². The van der Waals surface area contributed by atoms with E-state index in [1.54, 1.807) is 6.20 Å². The molecule has 29 heavy (non-hydrogen) atoms. The second-order valence-electron chi connectivity index (χ2n) is 8.42. The van der Waals surface area contributed by atoms with E-state index >= 15 is 0 Å². The van der Waals surface area contributed by atoms with E-state index in [4.69, 9.17) is 0 Å². The Morgan fingerprint density at radius 2 is 2.00 bits per heavy atom. The molecule has 2 atom stereocenters. The van der Waals surface area contributed by atoms with Gasteiger partial charge in [-0.3, -0.25) is 14.5 Å². The van der Waals surface area contributed by atoms with Gasteiger partial charge >= 0.3 is 0 Å². The highest BCUT2D eigenvalue weighted by molar-refractivity contribution is 5.89. The number of aromatic nitrogens is 2. The average molecular weight is 400 g/mol. The summed E-state index contributed by atoms with van der Waals surface area (Å²) in [5.74, 6) is 0.262. The molecule has 0 spiro atoms. The number of carbonyl (C=O) groups is 2. The van der Waals surface area contributed by atoms with Gasteiger partial charge in [0.1, 0.15) is 11.7 Å². The van der Waals surface area contributed by atoms with Gasteiger partial charge in [0.05, 0.1) is 6.04 Å². The molecule has 7 nitrogen and oxygen atoms in total. The summed E-state index contributed by atoms with van der Waals surface area (Å²) in [6, 6.07) is 3.19. The molecule has 2 aromatic heterocycles. The molecule has 3 rings (SSSR count). The van der Waals surface area contributed by atoms with Crippen LogP contribution in [0.15, 0.2) is 24.5 Å². The topological polar surface area (TPSA) is 90.1 Å². The summed E-state index contributed by atoms with van der Waals surface area (Å²) in [5, 5.41) is 7.01. The summed E-state index contributed by atoms with van der Waals surface area (Å²) in [5.41, 5.74) is 1.77. The van der Waals surface area contributed by atoms with Crippen molar-refractivity contribution < 1.29 is 9.59 Å². The van der Waals surface area contributed by atoms with Crippen molar-refractivity contribution >= 4 is 22.8 Å². The Balaban J connectivity index is 1.63. The maximum absolute atomic E-state index is 13.0. The highest BCUT2D eigenvalue weighted by Gasteiger charge is 2.27. The molecule has 1 fully saturated rings. The molecular formula is C22H33N5O2. The number of fused-ring (bicyclic) bond motifs is 1. The number of H-pyrrole nitrogens is 1. The Morgan fingerprint density at radius 3 is 2.72 bits per heavy atom. The van der Waals surface area contributed by atoms with Gasteiger partial charge in [-0.25, -0.2) is 4.98 Å². The molecule has 0 aromatic carbocycles. The van der Waals surface area contributed by atoms with Crippen LogP contribution in [0.4, 0.5) is 0 Å². The first-order valence-electron chi connectivity index (χ1n) is 10.6. The van der Waals surface area contributed by atoms with Crippen molar-refractivity contribution in [2.75, 3.05) is 14.1 Å². The van der Waals surface area contributed by atoms with Gasteiger partial charge in [0.15, 0.2) is 0 Å². The summed E-state index contributed by atoms with van der Waals surface area (Å²) < 4.78 is 0.